The Kier molecular flexibility index (Phi) is 7.67. The third-order valence-electron chi connectivity index (χ3n) is 1.99. The monoisotopic (exact) mass is 238 g/mol. The predicted octanol–water partition coefficient (Wildman–Crippen LogP) is 2.12. The molecule has 0 aliphatic carbocycles. The Hall–Kier alpha value is -1.65. The van der Waals surface area contributed by atoms with E-state index in [4.69, 9.17) is 5.21 Å². The molecule has 0 spiro atoms. The molecule has 0 heterocycles. The van der Waals surface area contributed by atoms with E-state index in [2.05, 4.69) is 4.74 Å². The lowest BCUT2D eigenvalue weighted by molar-refractivity contribution is -0.825. The molecule has 0 aliphatic heterocycles. The summed E-state index contributed by atoms with van der Waals surface area (Å²) in [5, 5.41) is 9.01. The second kappa shape index (κ2) is 8.50. The van der Waals surface area contributed by atoms with Gasteiger partial charge in [0.15, 0.2) is 5.69 Å². The summed E-state index contributed by atoms with van der Waals surface area (Å²) in [4.78, 5) is 11.2. The van der Waals surface area contributed by atoms with E-state index in [9.17, 15) is 4.79 Å². The number of carbonyl (C=O) groups is 1. The molecule has 1 rings (SSSR count). The molecule has 0 amide bonds. The molecule has 0 aliphatic rings. The molecule has 0 aromatic heterocycles. The number of nitrogens with two attached hydrogens (primary N) is 1. The van der Waals surface area contributed by atoms with Gasteiger partial charge in [-0.25, -0.2) is 10.0 Å². The molecule has 0 fully saturated rings. The van der Waals surface area contributed by atoms with Gasteiger partial charge in [0.05, 0.1) is 12.7 Å². The minimum Gasteiger partial charge on any atom is -0.465 e. The molecule has 94 valence electrons. The largest absolute Gasteiger partial charge is 0.465 e. The Morgan fingerprint density at radius 2 is 2.06 bits per heavy atom. The number of benzene rings is 1. The Balaban J connectivity index is 0.00000121. The number of carbonyl (C=O) groups excluding carboxylic acids is 1. The molecule has 4 nitrogen and oxygen atoms in total. The summed E-state index contributed by atoms with van der Waals surface area (Å²) < 4.78 is 4.58. The van der Waals surface area contributed by atoms with Gasteiger partial charge in [-0.05, 0) is 19.1 Å². The standard InChI is InChI=1S/C11H13NO3.C2H6/c1-3-4-8-5-6-9(11(13)15-2)7-10(8)12-14;1-2/h3-7,12,14H,1-2H3;1-2H3/p+1/b4-3-;. The van der Waals surface area contributed by atoms with Crippen molar-refractivity contribution in [1.82, 2.24) is 0 Å². The lowest BCUT2D eigenvalue weighted by atomic mass is 10.1. The molecule has 0 bridgehead atoms. The van der Waals surface area contributed by atoms with Gasteiger partial charge in [0.1, 0.15) is 0 Å². The van der Waals surface area contributed by atoms with Crippen molar-refractivity contribution in [3.05, 3.63) is 35.4 Å². The van der Waals surface area contributed by atoms with Gasteiger partial charge >= 0.3 is 5.97 Å². The number of hydrogen-bond donors (Lipinski definition) is 2. The van der Waals surface area contributed by atoms with Crippen molar-refractivity contribution in [1.29, 1.82) is 0 Å². The van der Waals surface area contributed by atoms with E-state index in [0.717, 1.165) is 11.0 Å². The zero-order valence-electron chi connectivity index (χ0n) is 10.7. The van der Waals surface area contributed by atoms with Gasteiger partial charge in [0, 0.05) is 11.6 Å². The molecule has 0 atom stereocenters. The highest BCUT2D eigenvalue weighted by Gasteiger charge is 2.10. The third-order valence-corrected chi connectivity index (χ3v) is 1.99. The average Bonchev–Trinajstić information content (AvgIpc) is 2.41. The number of methoxy groups -OCH3 is 1. The minimum absolute atomic E-state index is 0.412. The van der Waals surface area contributed by atoms with Crippen LogP contribution in [0.3, 0.4) is 0 Å². The normalized spacial score (nSPS) is 9.71. The highest BCUT2D eigenvalue weighted by atomic mass is 16.5. The maximum atomic E-state index is 11.2. The van der Waals surface area contributed by atoms with Crippen molar-refractivity contribution in [2.75, 3.05) is 7.11 Å². The molecule has 0 radical (unpaired) electrons. The molecule has 1 aromatic carbocycles. The van der Waals surface area contributed by atoms with Gasteiger partial charge in [-0.1, -0.05) is 26.0 Å². The second-order valence-corrected chi connectivity index (χ2v) is 2.96. The highest BCUT2D eigenvalue weighted by molar-refractivity contribution is 5.90. The zero-order chi connectivity index (χ0) is 13.3. The van der Waals surface area contributed by atoms with Crippen LogP contribution in [-0.4, -0.2) is 18.3 Å². The maximum Gasteiger partial charge on any atom is 0.338 e. The van der Waals surface area contributed by atoms with Crippen LogP contribution in [0.25, 0.3) is 6.08 Å². The highest BCUT2D eigenvalue weighted by Crippen LogP contribution is 2.15. The Labute approximate surface area is 102 Å². The van der Waals surface area contributed by atoms with Crippen LogP contribution in [0.1, 0.15) is 36.7 Å². The van der Waals surface area contributed by atoms with E-state index in [1.807, 2.05) is 32.9 Å². The topological polar surface area (TPSA) is 63.1 Å². The van der Waals surface area contributed by atoms with Crippen molar-refractivity contribution >= 4 is 17.7 Å². The first-order chi connectivity index (χ1) is 8.22. The van der Waals surface area contributed by atoms with Crippen LogP contribution in [0.5, 0.6) is 0 Å². The van der Waals surface area contributed by atoms with E-state index in [1.165, 1.54) is 7.11 Å². The summed E-state index contributed by atoms with van der Waals surface area (Å²) in [6.45, 7) is 5.88. The number of rotatable bonds is 3. The molecule has 0 unspecified atom stereocenters. The molecule has 0 saturated heterocycles. The third kappa shape index (κ3) is 4.38. The van der Waals surface area contributed by atoms with Crippen LogP contribution in [0.4, 0.5) is 5.69 Å². The molecular weight excluding hydrogens is 218 g/mol. The summed E-state index contributed by atoms with van der Waals surface area (Å²) in [5.74, 6) is -0.412. The van der Waals surface area contributed by atoms with E-state index in [1.54, 1.807) is 18.2 Å². The fourth-order valence-corrected chi connectivity index (χ4v) is 1.26. The van der Waals surface area contributed by atoms with E-state index >= 15 is 0 Å². The van der Waals surface area contributed by atoms with Gasteiger partial charge in [-0.2, -0.15) is 5.48 Å². The second-order valence-electron chi connectivity index (χ2n) is 2.96. The summed E-state index contributed by atoms with van der Waals surface area (Å²) in [7, 11) is 1.32. The van der Waals surface area contributed by atoms with Crippen molar-refractivity contribution < 1.29 is 20.2 Å². The first-order valence-corrected chi connectivity index (χ1v) is 5.55. The zero-order valence-corrected chi connectivity index (χ0v) is 10.7. The Bertz CT molecular complexity index is 386. The fraction of sp³-hybridized carbons (Fsp3) is 0.308. The van der Waals surface area contributed by atoms with Crippen molar-refractivity contribution in [2.45, 2.75) is 20.8 Å². The molecule has 3 N–H and O–H groups in total. The average molecular weight is 238 g/mol. The smallest absolute Gasteiger partial charge is 0.338 e. The first kappa shape index (κ1) is 15.3. The lowest BCUT2D eigenvalue weighted by Gasteiger charge is -2.02. The van der Waals surface area contributed by atoms with Crippen LogP contribution in [0.15, 0.2) is 24.3 Å². The molecule has 1 aromatic rings. The Morgan fingerprint density at radius 1 is 1.41 bits per heavy atom. The summed E-state index contributed by atoms with van der Waals surface area (Å²) in [5.41, 5.74) is 2.84. The van der Waals surface area contributed by atoms with Gasteiger partial charge in [-0.3, -0.25) is 0 Å². The lowest BCUT2D eigenvalue weighted by Crippen LogP contribution is -2.74. The number of quaternary nitrogens is 1. The van der Waals surface area contributed by atoms with E-state index < -0.39 is 5.97 Å². The van der Waals surface area contributed by atoms with Crippen molar-refractivity contribution in [2.24, 2.45) is 0 Å². The number of ether oxygens (including phenoxy) is 1. The Morgan fingerprint density at radius 3 is 2.53 bits per heavy atom. The van der Waals surface area contributed by atoms with E-state index in [0.29, 0.717) is 11.3 Å². The van der Waals surface area contributed by atoms with Gasteiger partial charge in [0.2, 0.25) is 0 Å². The SMILES string of the molecule is C/C=C\c1ccc(C(=O)OC)cc1[NH2+]O.CC. The van der Waals surface area contributed by atoms with Crippen LogP contribution in [-0.2, 0) is 4.74 Å². The molecule has 17 heavy (non-hydrogen) atoms. The molecule has 4 heteroatoms. The molecule has 0 saturated carbocycles. The maximum absolute atomic E-state index is 11.2. The fourth-order valence-electron chi connectivity index (χ4n) is 1.26. The van der Waals surface area contributed by atoms with Gasteiger partial charge in [0.25, 0.3) is 0 Å². The van der Waals surface area contributed by atoms with Gasteiger partial charge in [-0.15, -0.1) is 0 Å². The minimum atomic E-state index is -0.412. The van der Waals surface area contributed by atoms with Gasteiger partial charge < -0.3 is 4.74 Å². The van der Waals surface area contributed by atoms with Crippen molar-refractivity contribution in [3.8, 4) is 0 Å². The summed E-state index contributed by atoms with van der Waals surface area (Å²) in [6.07, 6.45) is 3.71. The number of esters is 1. The first-order valence-electron chi connectivity index (χ1n) is 5.55. The van der Waals surface area contributed by atoms with Crippen LogP contribution >= 0.6 is 0 Å². The number of allylic oxidation sites excluding steroid dienone is 1. The van der Waals surface area contributed by atoms with Crippen molar-refractivity contribution in [3.63, 3.8) is 0 Å². The number of hydrogen-bond acceptors (Lipinski definition) is 3. The van der Waals surface area contributed by atoms with Crippen LogP contribution in [0, 0.1) is 0 Å². The van der Waals surface area contributed by atoms with Crippen LogP contribution < -0.4 is 5.48 Å². The van der Waals surface area contributed by atoms with Crippen LogP contribution in [0.2, 0.25) is 0 Å². The quantitative estimate of drug-likeness (QED) is 0.481. The summed E-state index contributed by atoms with van der Waals surface area (Å²) >= 11 is 0. The van der Waals surface area contributed by atoms with E-state index in [-0.39, 0.29) is 0 Å². The summed E-state index contributed by atoms with van der Waals surface area (Å²) in [6, 6.07) is 5.00. The molecular formula is C13H20NO3+. The predicted molar refractivity (Wildman–Crippen MR) is 67.2 cm³/mol.